The second-order valence-electron chi connectivity index (χ2n) is 9.00. The zero-order valence-corrected chi connectivity index (χ0v) is 19.5. The molecular weight excluding hydrogens is 419 g/mol. The van der Waals surface area contributed by atoms with Crippen molar-refractivity contribution < 1.29 is 9.59 Å². The molecule has 0 saturated heterocycles. The van der Waals surface area contributed by atoms with E-state index in [0.29, 0.717) is 28.6 Å². The SMILES string of the molecule is CC(CC(=O)NC(Cc1ccccc1)C(=O)Nc1ccc(Cl)cc1Cl)CC(C)(C)C. The minimum absolute atomic E-state index is 0.134. The molecule has 2 amide bonds. The van der Waals surface area contributed by atoms with Gasteiger partial charge in [0.05, 0.1) is 10.7 Å². The number of benzene rings is 2. The highest BCUT2D eigenvalue weighted by molar-refractivity contribution is 6.36. The number of anilines is 1. The number of hydrogen-bond acceptors (Lipinski definition) is 2. The zero-order valence-electron chi connectivity index (χ0n) is 18.0. The summed E-state index contributed by atoms with van der Waals surface area (Å²) in [4.78, 5) is 25.7. The molecule has 2 rings (SSSR count). The van der Waals surface area contributed by atoms with Crippen molar-refractivity contribution in [1.82, 2.24) is 5.32 Å². The van der Waals surface area contributed by atoms with Crippen molar-refractivity contribution in [1.29, 1.82) is 0 Å². The fourth-order valence-electron chi connectivity index (χ4n) is 3.56. The second-order valence-corrected chi connectivity index (χ2v) is 9.84. The van der Waals surface area contributed by atoms with Gasteiger partial charge in [0.2, 0.25) is 11.8 Å². The average Bonchev–Trinajstić information content (AvgIpc) is 2.62. The Kier molecular flexibility index (Phi) is 8.75. The predicted molar refractivity (Wildman–Crippen MR) is 125 cm³/mol. The summed E-state index contributed by atoms with van der Waals surface area (Å²) in [5.41, 5.74) is 1.56. The van der Waals surface area contributed by atoms with Gasteiger partial charge in [0.25, 0.3) is 0 Å². The van der Waals surface area contributed by atoms with Gasteiger partial charge in [-0.2, -0.15) is 0 Å². The molecule has 4 nitrogen and oxygen atoms in total. The molecule has 2 atom stereocenters. The maximum atomic E-state index is 13.0. The smallest absolute Gasteiger partial charge is 0.247 e. The molecule has 0 fully saturated rings. The van der Waals surface area contributed by atoms with Gasteiger partial charge < -0.3 is 10.6 Å². The van der Waals surface area contributed by atoms with Crippen molar-refractivity contribution in [2.45, 2.75) is 53.0 Å². The van der Waals surface area contributed by atoms with Crippen LogP contribution in [0.3, 0.4) is 0 Å². The van der Waals surface area contributed by atoms with E-state index < -0.39 is 6.04 Å². The number of carbonyl (C=O) groups excluding carboxylic acids is 2. The van der Waals surface area contributed by atoms with E-state index in [0.717, 1.165) is 12.0 Å². The first kappa shape index (κ1) is 24.2. The molecule has 30 heavy (non-hydrogen) atoms. The van der Waals surface area contributed by atoms with E-state index in [1.54, 1.807) is 18.2 Å². The van der Waals surface area contributed by atoms with Crippen molar-refractivity contribution in [3.63, 3.8) is 0 Å². The lowest BCUT2D eigenvalue weighted by molar-refractivity contribution is -0.127. The van der Waals surface area contributed by atoms with Crippen LogP contribution >= 0.6 is 23.2 Å². The third-order valence-electron chi connectivity index (χ3n) is 4.62. The summed E-state index contributed by atoms with van der Waals surface area (Å²) in [6, 6.07) is 13.8. The molecule has 2 aromatic carbocycles. The maximum absolute atomic E-state index is 13.0. The first-order valence-corrected chi connectivity index (χ1v) is 10.9. The minimum Gasteiger partial charge on any atom is -0.344 e. The van der Waals surface area contributed by atoms with Gasteiger partial charge in [0, 0.05) is 17.9 Å². The van der Waals surface area contributed by atoms with Gasteiger partial charge in [-0.05, 0) is 41.5 Å². The average molecular weight is 449 g/mol. The quantitative estimate of drug-likeness (QED) is 0.510. The molecule has 2 unspecified atom stereocenters. The van der Waals surface area contributed by atoms with Gasteiger partial charge in [-0.3, -0.25) is 9.59 Å². The Bertz CT molecular complexity index is 863. The highest BCUT2D eigenvalue weighted by atomic mass is 35.5. The maximum Gasteiger partial charge on any atom is 0.247 e. The molecule has 2 aromatic rings. The lowest BCUT2D eigenvalue weighted by Gasteiger charge is -2.24. The Morgan fingerprint density at radius 2 is 1.70 bits per heavy atom. The molecule has 0 aliphatic rings. The van der Waals surface area contributed by atoms with Gasteiger partial charge in [-0.25, -0.2) is 0 Å². The number of carbonyl (C=O) groups is 2. The molecule has 6 heteroatoms. The van der Waals surface area contributed by atoms with E-state index in [2.05, 4.69) is 38.3 Å². The molecule has 162 valence electrons. The van der Waals surface area contributed by atoms with E-state index in [4.69, 9.17) is 23.2 Å². The monoisotopic (exact) mass is 448 g/mol. The Morgan fingerprint density at radius 3 is 2.30 bits per heavy atom. The third-order valence-corrected chi connectivity index (χ3v) is 5.17. The normalized spacial score (nSPS) is 13.4. The van der Waals surface area contributed by atoms with Gasteiger partial charge in [0.15, 0.2) is 0 Å². The van der Waals surface area contributed by atoms with Crippen LogP contribution < -0.4 is 10.6 Å². The molecule has 0 radical (unpaired) electrons. The minimum atomic E-state index is -0.714. The van der Waals surface area contributed by atoms with Crippen LogP contribution in [0.15, 0.2) is 48.5 Å². The lowest BCUT2D eigenvalue weighted by Crippen LogP contribution is -2.45. The Morgan fingerprint density at radius 1 is 1.03 bits per heavy atom. The first-order valence-electron chi connectivity index (χ1n) is 10.1. The Hall–Kier alpha value is -2.04. The predicted octanol–water partition coefficient (Wildman–Crippen LogP) is 6.12. The van der Waals surface area contributed by atoms with Crippen LogP contribution in [0.4, 0.5) is 5.69 Å². The van der Waals surface area contributed by atoms with Gasteiger partial charge in [-0.1, -0.05) is 81.2 Å². The van der Waals surface area contributed by atoms with Gasteiger partial charge >= 0.3 is 0 Å². The number of hydrogen-bond donors (Lipinski definition) is 2. The highest BCUT2D eigenvalue weighted by Gasteiger charge is 2.24. The molecule has 0 aliphatic heterocycles. The summed E-state index contributed by atoms with van der Waals surface area (Å²) in [5, 5.41) is 6.56. The van der Waals surface area contributed by atoms with Crippen LogP contribution in [0.5, 0.6) is 0 Å². The molecule has 0 aromatic heterocycles. The number of halogens is 2. The zero-order chi connectivity index (χ0) is 22.3. The standard InChI is InChI=1S/C24H30Cl2N2O2/c1-16(15-24(2,3)4)12-22(29)27-21(13-17-8-6-5-7-9-17)23(30)28-20-11-10-18(25)14-19(20)26/h5-11,14,16,21H,12-13,15H2,1-4H3,(H,27,29)(H,28,30). The summed E-state index contributed by atoms with van der Waals surface area (Å²) < 4.78 is 0. The summed E-state index contributed by atoms with van der Waals surface area (Å²) in [7, 11) is 0. The molecule has 0 saturated carbocycles. The molecule has 0 spiro atoms. The third kappa shape index (κ3) is 8.37. The molecule has 0 aliphatic carbocycles. The number of amides is 2. The van der Waals surface area contributed by atoms with Crippen LogP contribution in [0, 0.1) is 11.3 Å². The van der Waals surface area contributed by atoms with Gasteiger partial charge in [0.1, 0.15) is 6.04 Å². The highest BCUT2D eigenvalue weighted by Crippen LogP contribution is 2.27. The lowest BCUT2D eigenvalue weighted by atomic mass is 9.84. The van der Waals surface area contributed by atoms with Crippen molar-refractivity contribution >= 4 is 40.7 Å². The second kappa shape index (κ2) is 10.8. The van der Waals surface area contributed by atoms with Crippen molar-refractivity contribution in [3.05, 3.63) is 64.1 Å². The van der Waals surface area contributed by atoms with E-state index in [-0.39, 0.29) is 23.1 Å². The molecule has 0 bridgehead atoms. The topological polar surface area (TPSA) is 58.2 Å². The van der Waals surface area contributed by atoms with E-state index in [1.165, 1.54) is 0 Å². The summed E-state index contributed by atoms with van der Waals surface area (Å²) in [5.74, 6) is -0.235. The molecule has 0 heterocycles. The largest absolute Gasteiger partial charge is 0.344 e. The van der Waals surface area contributed by atoms with Crippen LogP contribution in [-0.4, -0.2) is 17.9 Å². The molecule has 2 N–H and O–H groups in total. The summed E-state index contributed by atoms with van der Waals surface area (Å²) in [6.07, 6.45) is 1.69. The summed E-state index contributed by atoms with van der Waals surface area (Å²) in [6.45, 7) is 8.53. The van der Waals surface area contributed by atoms with E-state index in [1.807, 2.05) is 30.3 Å². The fraction of sp³-hybridized carbons (Fsp3) is 0.417. The first-order chi connectivity index (χ1) is 14.0. The number of rotatable bonds is 8. The van der Waals surface area contributed by atoms with Crippen molar-refractivity contribution in [2.24, 2.45) is 11.3 Å². The number of nitrogens with one attached hydrogen (secondary N) is 2. The van der Waals surface area contributed by atoms with Crippen LogP contribution in [-0.2, 0) is 16.0 Å². The van der Waals surface area contributed by atoms with Gasteiger partial charge in [-0.15, -0.1) is 0 Å². The van der Waals surface area contributed by atoms with Crippen LogP contribution in [0.1, 0.15) is 46.1 Å². The van der Waals surface area contributed by atoms with E-state index >= 15 is 0 Å². The Labute approximate surface area is 189 Å². The fourth-order valence-corrected chi connectivity index (χ4v) is 4.01. The van der Waals surface area contributed by atoms with Crippen molar-refractivity contribution in [2.75, 3.05) is 5.32 Å². The van der Waals surface area contributed by atoms with Crippen molar-refractivity contribution in [3.8, 4) is 0 Å². The Balaban J connectivity index is 2.11. The van der Waals surface area contributed by atoms with Crippen LogP contribution in [0.2, 0.25) is 10.0 Å². The summed E-state index contributed by atoms with van der Waals surface area (Å²) >= 11 is 12.1. The molecular formula is C24H30Cl2N2O2. The van der Waals surface area contributed by atoms with Crippen LogP contribution in [0.25, 0.3) is 0 Å². The van der Waals surface area contributed by atoms with E-state index in [9.17, 15) is 9.59 Å².